The molecule has 106 valence electrons. The van der Waals surface area contributed by atoms with Crippen LogP contribution in [0.3, 0.4) is 0 Å². The number of benzene rings is 1. The third kappa shape index (κ3) is 3.97. The number of rotatable bonds is 2. The van der Waals surface area contributed by atoms with Crippen LogP contribution in [-0.2, 0) is 5.41 Å². The van der Waals surface area contributed by atoms with E-state index in [-0.39, 0.29) is 17.6 Å². The molecule has 2 unspecified atom stereocenters. The summed E-state index contributed by atoms with van der Waals surface area (Å²) in [4.78, 5) is 0. The zero-order valence-electron chi connectivity index (χ0n) is 12.5. The summed E-state index contributed by atoms with van der Waals surface area (Å²) < 4.78 is 6.09. The second-order valence-electron chi connectivity index (χ2n) is 6.73. The summed E-state index contributed by atoms with van der Waals surface area (Å²) in [7, 11) is 0. The highest BCUT2D eigenvalue weighted by molar-refractivity contribution is 5.31. The minimum atomic E-state index is 0.183. The van der Waals surface area contributed by atoms with E-state index in [4.69, 9.17) is 10.5 Å². The summed E-state index contributed by atoms with van der Waals surface area (Å²) in [5.41, 5.74) is 7.73. The van der Waals surface area contributed by atoms with Gasteiger partial charge in [0.25, 0.3) is 0 Å². The lowest BCUT2D eigenvalue weighted by Gasteiger charge is -2.24. The fourth-order valence-electron chi connectivity index (χ4n) is 2.66. The Hall–Kier alpha value is -1.02. The van der Waals surface area contributed by atoms with E-state index in [2.05, 4.69) is 45.0 Å². The molecule has 1 fully saturated rings. The standard InChI is InChI=1S/C17H27NO/c1-17(2,3)13-9-11-14(12-10-13)19-16-8-6-4-5-7-15(16)18/h9-12,15-16H,4-8,18H2,1-3H3. The van der Waals surface area contributed by atoms with Crippen LogP contribution in [0.4, 0.5) is 0 Å². The molecule has 0 bridgehead atoms. The normalized spacial score (nSPS) is 24.8. The predicted octanol–water partition coefficient (Wildman–Crippen LogP) is 4.02. The van der Waals surface area contributed by atoms with Gasteiger partial charge in [-0.2, -0.15) is 0 Å². The Bertz CT molecular complexity index is 391. The van der Waals surface area contributed by atoms with Crippen molar-refractivity contribution in [1.82, 2.24) is 0 Å². The van der Waals surface area contributed by atoms with Gasteiger partial charge < -0.3 is 10.5 Å². The van der Waals surface area contributed by atoms with Crippen LogP contribution in [0.5, 0.6) is 5.75 Å². The van der Waals surface area contributed by atoms with Crippen LogP contribution in [0, 0.1) is 0 Å². The van der Waals surface area contributed by atoms with Crippen molar-refractivity contribution in [2.75, 3.05) is 0 Å². The zero-order chi connectivity index (χ0) is 13.9. The molecule has 2 atom stereocenters. The molecule has 0 aliphatic heterocycles. The fourth-order valence-corrected chi connectivity index (χ4v) is 2.66. The van der Waals surface area contributed by atoms with Gasteiger partial charge in [-0.15, -0.1) is 0 Å². The van der Waals surface area contributed by atoms with Gasteiger partial charge in [0, 0.05) is 6.04 Å². The molecule has 1 aliphatic rings. The highest BCUT2D eigenvalue weighted by Gasteiger charge is 2.22. The molecule has 1 aliphatic carbocycles. The number of ether oxygens (including phenoxy) is 1. The van der Waals surface area contributed by atoms with Crippen LogP contribution in [0.2, 0.25) is 0 Å². The minimum Gasteiger partial charge on any atom is -0.489 e. The Morgan fingerprint density at radius 3 is 2.26 bits per heavy atom. The Balaban J connectivity index is 2.02. The van der Waals surface area contributed by atoms with Crippen molar-refractivity contribution in [3.8, 4) is 5.75 Å². The van der Waals surface area contributed by atoms with E-state index in [9.17, 15) is 0 Å². The molecule has 1 aromatic carbocycles. The van der Waals surface area contributed by atoms with Crippen molar-refractivity contribution >= 4 is 0 Å². The number of hydrogen-bond acceptors (Lipinski definition) is 2. The first kappa shape index (κ1) is 14.4. The van der Waals surface area contributed by atoms with Crippen LogP contribution in [0.1, 0.15) is 58.4 Å². The molecule has 2 rings (SSSR count). The van der Waals surface area contributed by atoms with Gasteiger partial charge in [-0.05, 0) is 42.4 Å². The third-order valence-electron chi connectivity index (χ3n) is 4.01. The van der Waals surface area contributed by atoms with E-state index >= 15 is 0 Å². The second-order valence-corrected chi connectivity index (χ2v) is 6.73. The fraction of sp³-hybridized carbons (Fsp3) is 0.647. The van der Waals surface area contributed by atoms with E-state index in [0.29, 0.717) is 0 Å². The summed E-state index contributed by atoms with van der Waals surface area (Å²) in [5, 5.41) is 0. The number of nitrogens with two attached hydrogens (primary N) is 1. The van der Waals surface area contributed by atoms with Crippen molar-refractivity contribution in [2.24, 2.45) is 5.73 Å². The molecule has 2 nitrogen and oxygen atoms in total. The van der Waals surface area contributed by atoms with Crippen LogP contribution in [0.15, 0.2) is 24.3 Å². The van der Waals surface area contributed by atoms with Crippen molar-refractivity contribution in [2.45, 2.75) is 70.4 Å². The first-order valence-electron chi connectivity index (χ1n) is 7.49. The van der Waals surface area contributed by atoms with Crippen molar-refractivity contribution < 1.29 is 4.74 Å². The molecule has 0 saturated heterocycles. The van der Waals surface area contributed by atoms with Crippen LogP contribution in [-0.4, -0.2) is 12.1 Å². The Morgan fingerprint density at radius 1 is 1.00 bits per heavy atom. The summed E-state index contributed by atoms with van der Waals surface area (Å²) in [6, 6.07) is 8.68. The topological polar surface area (TPSA) is 35.2 Å². The molecule has 0 radical (unpaired) electrons. The maximum absolute atomic E-state index is 6.20. The van der Waals surface area contributed by atoms with Gasteiger partial charge in [0.15, 0.2) is 0 Å². The van der Waals surface area contributed by atoms with Gasteiger partial charge in [-0.1, -0.05) is 45.7 Å². The molecule has 0 amide bonds. The molecule has 0 aromatic heterocycles. The maximum Gasteiger partial charge on any atom is 0.119 e. The third-order valence-corrected chi connectivity index (χ3v) is 4.01. The maximum atomic E-state index is 6.20. The van der Waals surface area contributed by atoms with E-state index in [0.717, 1.165) is 18.6 Å². The van der Waals surface area contributed by atoms with Crippen molar-refractivity contribution in [3.05, 3.63) is 29.8 Å². The lowest BCUT2D eigenvalue weighted by molar-refractivity contribution is 0.163. The summed E-state index contributed by atoms with van der Waals surface area (Å²) >= 11 is 0. The average molecular weight is 261 g/mol. The van der Waals surface area contributed by atoms with Crippen molar-refractivity contribution in [1.29, 1.82) is 0 Å². The molecule has 19 heavy (non-hydrogen) atoms. The predicted molar refractivity (Wildman–Crippen MR) is 80.6 cm³/mol. The molecule has 2 heteroatoms. The summed E-state index contributed by atoms with van der Waals surface area (Å²) in [5.74, 6) is 0.954. The Kier molecular flexibility index (Phi) is 4.51. The Labute approximate surface area is 117 Å². The monoisotopic (exact) mass is 261 g/mol. The Morgan fingerprint density at radius 2 is 1.63 bits per heavy atom. The quantitative estimate of drug-likeness (QED) is 0.816. The van der Waals surface area contributed by atoms with Crippen molar-refractivity contribution in [3.63, 3.8) is 0 Å². The second kappa shape index (κ2) is 5.96. The molecule has 1 saturated carbocycles. The first-order chi connectivity index (χ1) is 8.97. The minimum absolute atomic E-state index is 0.183. The van der Waals surface area contributed by atoms with E-state index in [1.807, 2.05) is 0 Å². The molecule has 1 aromatic rings. The summed E-state index contributed by atoms with van der Waals surface area (Å²) in [6.07, 6.45) is 6.12. The van der Waals surface area contributed by atoms with E-state index in [1.165, 1.54) is 24.8 Å². The molecular formula is C17H27NO. The highest BCUT2D eigenvalue weighted by atomic mass is 16.5. The van der Waals surface area contributed by atoms with E-state index < -0.39 is 0 Å². The largest absolute Gasteiger partial charge is 0.489 e. The lowest BCUT2D eigenvalue weighted by atomic mass is 9.87. The number of hydrogen-bond donors (Lipinski definition) is 1. The summed E-state index contributed by atoms with van der Waals surface area (Å²) in [6.45, 7) is 6.68. The van der Waals surface area contributed by atoms with Gasteiger partial charge in [0.05, 0.1) is 0 Å². The molecule has 0 heterocycles. The van der Waals surface area contributed by atoms with Crippen LogP contribution >= 0.6 is 0 Å². The van der Waals surface area contributed by atoms with Crippen LogP contribution in [0.25, 0.3) is 0 Å². The first-order valence-corrected chi connectivity index (χ1v) is 7.49. The van der Waals surface area contributed by atoms with Gasteiger partial charge in [-0.3, -0.25) is 0 Å². The van der Waals surface area contributed by atoms with Gasteiger partial charge in [-0.25, -0.2) is 0 Å². The molecule has 2 N–H and O–H groups in total. The zero-order valence-corrected chi connectivity index (χ0v) is 12.5. The van der Waals surface area contributed by atoms with Gasteiger partial charge >= 0.3 is 0 Å². The smallest absolute Gasteiger partial charge is 0.119 e. The van der Waals surface area contributed by atoms with E-state index in [1.54, 1.807) is 0 Å². The lowest BCUT2D eigenvalue weighted by Crippen LogP contribution is -2.37. The van der Waals surface area contributed by atoms with Crippen LogP contribution < -0.4 is 10.5 Å². The molecule has 0 spiro atoms. The molecular weight excluding hydrogens is 234 g/mol. The van der Waals surface area contributed by atoms with Gasteiger partial charge in [0.2, 0.25) is 0 Å². The van der Waals surface area contributed by atoms with Gasteiger partial charge in [0.1, 0.15) is 11.9 Å². The SMILES string of the molecule is CC(C)(C)c1ccc(OC2CCCCCC2N)cc1. The highest BCUT2D eigenvalue weighted by Crippen LogP contribution is 2.26. The average Bonchev–Trinajstić information content (AvgIpc) is 2.55.